The molecule has 0 fully saturated rings. The fraction of sp³-hybridized carbons (Fsp3) is 0.143. The van der Waals surface area contributed by atoms with Gasteiger partial charge in [-0.05, 0) is 36.8 Å². The largest absolute Gasteiger partial charge is 0.449 e. The maximum absolute atomic E-state index is 11.1. The molecule has 0 heterocycles. The number of aliphatic hydroxyl groups is 1. The van der Waals surface area contributed by atoms with E-state index in [1.54, 1.807) is 24.3 Å². The Labute approximate surface area is 134 Å². The van der Waals surface area contributed by atoms with E-state index in [1.165, 1.54) is 19.1 Å². The quantitative estimate of drug-likeness (QED) is 0.614. The predicted octanol–water partition coefficient (Wildman–Crippen LogP) is 4.86. The average molecular weight is 373 g/mol. The van der Waals surface area contributed by atoms with Gasteiger partial charge in [0.2, 0.25) is 5.75 Å². The Kier molecular flexibility index (Phi) is 4.82. The summed E-state index contributed by atoms with van der Waals surface area (Å²) in [5, 5.41) is 21.0. The first-order valence-electron chi connectivity index (χ1n) is 5.98. The summed E-state index contributed by atoms with van der Waals surface area (Å²) in [6, 6.07) is 9.26. The number of nitrogens with zero attached hydrogens (tertiary/aromatic N) is 1. The first-order valence-corrected chi connectivity index (χ1v) is 7.15. The summed E-state index contributed by atoms with van der Waals surface area (Å²) in [5.74, 6) is 0.376. The van der Waals surface area contributed by atoms with Crippen molar-refractivity contribution >= 4 is 33.2 Å². The molecule has 7 heteroatoms. The smallest absolute Gasteiger partial charge is 0.311 e. The highest BCUT2D eigenvalue weighted by Gasteiger charge is 2.19. The molecule has 0 aliphatic heterocycles. The molecule has 1 N–H and O–H groups in total. The first kappa shape index (κ1) is 15.8. The normalized spacial score (nSPS) is 12.0. The molecular weight excluding hydrogens is 362 g/mol. The van der Waals surface area contributed by atoms with Crippen molar-refractivity contribution in [3.05, 3.63) is 61.6 Å². The van der Waals surface area contributed by atoms with Crippen LogP contribution in [0.4, 0.5) is 5.69 Å². The van der Waals surface area contributed by atoms with Crippen LogP contribution < -0.4 is 4.74 Å². The molecule has 5 nitrogen and oxygen atoms in total. The molecule has 0 spiro atoms. The fourth-order valence-corrected chi connectivity index (χ4v) is 2.41. The Hall–Kier alpha value is -1.63. The van der Waals surface area contributed by atoms with Crippen molar-refractivity contribution in [3.63, 3.8) is 0 Å². The van der Waals surface area contributed by atoms with E-state index in [2.05, 4.69) is 15.9 Å². The molecule has 0 amide bonds. The molecule has 0 aliphatic carbocycles. The number of hydrogen-bond donors (Lipinski definition) is 1. The van der Waals surface area contributed by atoms with Gasteiger partial charge in [0.25, 0.3) is 0 Å². The van der Waals surface area contributed by atoms with Gasteiger partial charge in [-0.25, -0.2) is 0 Å². The van der Waals surface area contributed by atoms with Gasteiger partial charge in [-0.2, -0.15) is 0 Å². The van der Waals surface area contributed by atoms with E-state index in [0.717, 1.165) is 4.47 Å². The van der Waals surface area contributed by atoms with Gasteiger partial charge in [0.15, 0.2) is 0 Å². The molecule has 0 aliphatic rings. The van der Waals surface area contributed by atoms with E-state index >= 15 is 0 Å². The van der Waals surface area contributed by atoms with Crippen LogP contribution in [0, 0.1) is 10.1 Å². The number of nitro benzene ring substituents is 1. The zero-order valence-electron chi connectivity index (χ0n) is 10.9. The lowest BCUT2D eigenvalue weighted by Gasteiger charge is -2.10. The Balaban J connectivity index is 2.41. The van der Waals surface area contributed by atoms with Crippen LogP contribution in [-0.2, 0) is 0 Å². The van der Waals surface area contributed by atoms with Crippen molar-refractivity contribution in [3.8, 4) is 11.5 Å². The number of hydrogen-bond acceptors (Lipinski definition) is 4. The maximum atomic E-state index is 11.1. The van der Waals surface area contributed by atoms with Crippen LogP contribution in [0.2, 0.25) is 5.02 Å². The van der Waals surface area contributed by atoms with Gasteiger partial charge in [0.1, 0.15) is 5.75 Å². The van der Waals surface area contributed by atoms with Gasteiger partial charge in [0.05, 0.1) is 16.0 Å². The monoisotopic (exact) mass is 371 g/mol. The summed E-state index contributed by atoms with van der Waals surface area (Å²) in [6.45, 7) is 1.53. The standard InChI is InChI=1S/C14H11BrClNO4/c1-8(18)9-2-4-14(12(6-9)17(19)20)21-13-5-3-10(15)7-11(13)16/h2-8,18H,1H3/t8-/m1/s1. The van der Waals surface area contributed by atoms with Crippen LogP contribution >= 0.6 is 27.5 Å². The van der Waals surface area contributed by atoms with Crippen molar-refractivity contribution in [2.75, 3.05) is 0 Å². The van der Waals surface area contributed by atoms with E-state index in [0.29, 0.717) is 16.3 Å². The first-order chi connectivity index (χ1) is 9.88. The molecule has 2 aromatic rings. The Bertz CT molecular complexity index is 691. The van der Waals surface area contributed by atoms with Crippen LogP contribution in [0.5, 0.6) is 11.5 Å². The summed E-state index contributed by atoms with van der Waals surface area (Å²) in [4.78, 5) is 10.6. The average Bonchev–Trinajstić information content (AvgIpc) is 2.41. The van der Waals surface area contributed by atoms with Crippen molar-refractivity contribution in [1.29, 1.82) is 0 Å². The van der Waals surface area contributed by atoms with Gasteiger partial charge >= 0.3 is 5.69 Å². The molecule has 110 valence electrons. The zero-order valence-corrected chi connectivity index (χ0v) is 13.3. The van der Waals surface area contributed by atoms with Crippen molar-refractivity contribution in [2.45, 2.75) is 13.0 Å². The molecule has 0 saturated heterocycles. The second-order valence-corrected chi connectivity index (χ2v) is 5.66. The SMILES string of the molecule is C[C@@H](O)c1ccc(Oc2ccc(Br)cc2Cl)c([N+](=O)[O-])c1. The van der Waals surface area contributed by atoms with Gasteiger partial charge in [-0.15, -0.1) is 0 Å². The third-order valence-electron chi connectivity index (χ3n) is 2.78. The Morgan fingerprint density at radius 3 is 2.52 bits per heavy atom. The van der Waals surface area contributed by atoms with Crippen LogP contribution in [0.3, 0.4) is 0 Å². The molecule has 0 saturated carbocycles. The Morgan fingerprint density at radius 1 is 1.29 bits per heavy atom. The molecule has 0 unspecified atom stereocenters. The van der Waals surface area contributed by atoms with Crippen molar-refractivity contribution < 1.29 is 14.8 Å². The fourth-order valence-electron chi connectivity index (χ4n) is 1.70. The summed E-state index contributed by atoms with van der Waals surface area (Å²) < 4.78 is 6.29. The molecule has 1 atom stereocenters. The minimum absolute atomic E-state index is 0.0635. The number of benzene rings is 2. The number of nitro groups is 1. The second-order valence-electron chi connectivity index (χ2n) is 4.34. The van der Waals surface area contributed by atoms with Crippen molar-refractivity contribution in [2.24, 2.45) is 0 Å². The topological polar surface area (TPSA) is 72.6 Å². The molecule has 0 radical (unpaired) electrons. The van der Waals surface area contributed by atoms with E-state index < -0.39 is 11.0 Å². The minimum atomic E-state index is -0.797. The van der Waals surface area contributed by atoms with Gasteiger partial charge in [-0.1, -0.05) is 33.6 Å². The van der Waals surface area contributed by atoms with Gasteiger partial charge < -0.3 is 9.84 Å². The highest BCUT2D eigenvalue weighted by molar-refractivity contribution is 9.10. The second kappa shape index (κ2) is 6.43. The summed E-state index contributed by atoms with van der Waals surface area (Å²) in [6.07, 6.45) is -0.797. The molecule has 21 heavy (non-hydrogen) atoms. The van der Waals surface area contributed by atoms with Crippen molar-refractivity contribution in [1.82, 2.24) is 0 Å². The summed E-state index contributed by atoms with van der Waals surface area (Å²) >= 11 is 9.30. The molecule has 2 rings (SSSR count). The lowest BCUT2D eigenvalue weighted by molar-refractivity contribution is -0.385. The van der Waals surface area contributed by atoms with Crippen LogP contribution in [0.25, 0.3) is 0 Å². The van der Waals surface area contributed by atoms with Gasteiger partial charge in [0, 0.05) is 10.5 Å². The van der Waals surface area contributed by atoms with E-state index in [4.69, 9.17) is 16.3 Å². The lowest BCUT2D eigenvalue weighted by atomic mass is 10.1. The third-order valence-corrected chi connectivity index (χ3v) is 3.56. The van der Waals surface area contributed by atoms with Crippen LogP contribution in [-0.4, -0.2) is 10.0 Å². The minimum Gasteiger partial charge on any atom is -0.449 e. The summed E-state index contributed by atoms with van der Waals surface area (Å²) in [5.41, 5.74) is 0.211. The van der Waals surface area contributed by atoms with E-state index in [1.807, 2.05) is 0 Å². The predicted molar refractivity (Wildman–Crippen MR) is 83.0 cm³/mol. The third kappa shape index (κ3) is 3.72. The van der Waals surface area contributed by atoms with E-state index in [9.17, 15) is 15.2 Å². The number of aliphatic hydroxyl groups excluding tert-OH is 1. The van der Waals surface area contributed by atoms with Crippen LogP contribution in [0.1, 0.15) is 18.6 Å². The number of rotatable bonds is 4. The van der Waals surface area contributed by atoms with E-state index in [-0.39, 0.29) is 11.4 Å². The number of ether oxygens (including phenoxy) is 1. The number of halogens is 2. The molecular formula is C14H11BrClNO4. The maximum Gasteiger partial charge on any atom is 0.311 e. The Morgan fingerprint density at radius 2 is 1.95 bits per heavy atom. The molecule has 0 bridgehead atoms. The summed E-state index contributed by atoms with van der Waals surface area (Å²) in [7, 11) is 0. The highest BCUT2D eigenvalue weighted by atomic mass is 79.9. The van der Waals surface area contributed by atoms with Gasteiger partial charge in [-0.3, -0.25) is 10.1 Å². The lowest BCUT2D eigenvalue weighted by Crippen LogP contribution is -1.97. The van der Waals surface area contributed by atoms with Crippen LogP contribution in [0.15, 0.2) is 40.9 Å². The zero-order chi connectivity index (χ0) is 15.6. The molecule has 0 aromatic heterocycles. The highest BCUT2D eigenvalue weighted by Crippen LogP contribution is 2.37. The molecule has 2 aromatic carbocycles.